The predicted molar refractivity (Wildman–Crippen MR) is 86.9 cm³/mol. The Morgan fingerprint density at radius 3 is 2.67 bits per heavy atom. The molecule has 1 aliphatic carbocycles. The van der Waals surface area contributed by atoms with E-state index in [0.717, 1.165) is 24.9 Å². The zero-order chi connectivity index (χ0) is 15.3. The molecule has 0 radical (unpaired) electrons. The first kappa shape index (κ1) is 16.2. The maximum atomic E-state index is 11.9. The first-order valence-corrected chi connectivity index (χ1v) is 8.21. The summed E-state index contributed by atoms with van der Waals surface area (Å²) >= 11 is 5.89. The van der Waals surface area contributed by atoms with Crippen LogP contribution in [0.25, 0.3) is 0 Å². The van der Waals surface area contributed by atoms with E-state index in [9.17, 15) is 9.90 Å². The van der Waals surface area contributed by atoms with Crippen molar-refractivity contribution in [2.24, 2.45) is 5.92 Å². The van der Waals surface area contributed by atoms with E-state index in [-0.39, 0.29) is 0 Å². The van der Waals surface area contributed by atoms with Crippen LogP contribution in [0.3, 0.4) is 0 Å². The SMILES string of the molecule is CCCC1CCCC(Nc2ccc(Cl)cc2)(C(=O)O)CC1. The van der Waals surface area contributed by atoms with Crippen molar-refractivity contribution >= 4 is 23.3 Å². The van der Waals surface area contributed by atoms with E-state index in [2.05, 4.69) is 12.2 Å². The monoisotopic (exact) mass is 309 g/mol. The van der Waals surface area contributed by atoms with Gasteiger partial charge in [-0.15, -0.1) is 0 Å². The summed E-state index contributed by atoms with van der Waals surface area (Å²) < 4.78 is 0. The molecule has 116 valence electrons. The second-order valence-corrected chi connectivity index (χ2v) is 6.54. The highest BCUT2D eigenvalue weighted by Gasteiger charge is 2.40. The van der Waals surface area contributed by atoms with Crippen LogP contribution >= 0.6 is 11.6 Å². The van der Waals surface area contributed by atoms with Crippen molar-refractivity contribution in [1.82, 2.24) is 0 Å². The molecule has 0 heterocycles. The third kappa shape index (κ3) is 4.13. The average Bonchev–Trinajstić information content (AvgIpc) is 2.66. The first-order valence-electron chi connectivity index (χ1n) is 7.83. The molecule has 0 amide bonds. The van der Waals surface area contributed by atoms with Crippen LogP contribution in [0.4, 0.5) is 5.69 Å². The van der Waals surface area contributed by atoms with Crippen molar-refractivity contribution in [3.63, 3.8) is 0 Å². The van der Waals surface area contributed by atoms with Gasteiger partial charge in [-0.25, -0.2) is 4.79 Å². The average molecular weight is 310 g/mol. The molecule has 0 aromatic heterocycles. The van der Waals surface area contributed by atoms with E-state index >= 15 is 0 Å². The second-order valence-electron chi connectivity index (χ2n) is 6.10. The summed E-state index contributed by atoms with van der Waals surface area (Å²) in [4.78, 5) is 11.9. The number of rotatable bonds is 5. The van der Waals surface area contributed by atoms with Crippen molar-refractivity contribution < 1.29 is 9.90 Å². The summed E-state index contributed by atoms with van der Waals surface area (Å²) in [6, 6.07) is 7.27. The van der Waals surface area contributed by atoms with Gasteiger partial charge in [0.15, 0.2) is 0 Å². The smallest absolute Gasteiger partial charge is 0.329 e. The quantitative estimate of drug-likeness (QED) is 0.756. The van der Waals surface area contributed by atoms with Gasteiger partial charge >= 0.3 is 5.97 Å². The van der Waals surface area contributed by atoms with Crippen molar-refractivity contribution in [2.45, 2.75) is 57.4 Å². The number of carboxylic acids is 1. The van der Waals surface area contributed by atoms with E-state index in [0.29, 0.717) is 23.8 Å². The van der Waals surface area contributed by atoms with Crippen LogP contribution in [0, 0.1) is 5.92 Å². The Bertz CT molecular complexity index is 474. The summed E-state index contributed by atoms with van der Waals surface area (Å²) in [6.45, 7) is 2.20. The van der Waals surface area contributed by atoms with Crippen LogP contribution in [0.15, 0.2) is 24.3 Å². The number of hydrogen-bond acceptors (Lipinski definition) is 2. The van der Waals surface area contributed by atoms with Crippen LogP contribution in [-0.4, -0.2) is 16.6 Å². The normalized spacial score (nSPS) is 26.1. The fourth-order valence-corrected chi connectivity index (χ4v) is 3.44. The van der Waals surface area contributed by atoms with Gasteiger partial charge in [0.1, 0.15) is 5.54 Å². The Balaban J connectivity index is 2.13. The summed E-state index contributed by atoms with van der Waals surface area (Å²) in [5, 5.41) is 13.7. The summed E-state index contributed by atoms with van der Waals surface area (Å²) in [5.41, 5.74) is -0.00759. The third-order valence-electron chi connectivity index (χ3n) is 4.53. The van der Waals surface area contributed by atoms with Gasteiger partial charge in [0, 0.05) is 10.7 Å². The molecule has 1 saturated carbocycles. The molecule has 21 heavy (non-hydrogen) atoms. The second kappa shape index (κ2) is 7.17. The third-order valence-corrected chi connectivity index (χ3v) is 4.78. The Hall–Kier alpha value is -1.22. The molecule has 0 bridgehead atoms. The lowest BCUT2D eigenvalue weighted by molar-refractivity contribution is -0.142. The molecule has 3 nitrogen and oxygen atoms in total. The van der Waals surface area contributed by atoms with Gasteiger partial charge in [0.05, 0.1) is 0 Å². The van der Waals surface area contributed by atoms with E-state index in [1.54, 1.807) is 12.1 Å². The number of nitrogens with one attached hydrogen (secondary N) is 1. The predicted octanol–water partition coefficient (Wildman–Crippen LogP) is 4.96. The molecule has 4 heteroatoms. The number of benzene rings is 1. The Labute approximate surface area is 131 Å². The van der Waals surface area contributed by atoms with Gasteiger partial charge in [-0.05, 0) is 49.4 Å². The van der Waals surface area contributed by atoms with Crippen molar-refractivity contribution in [1.29, 1.82) is 0 Å². The lowest BCUT2D eigenvalue weighted by atomic mass is 9.88. The Morgan fingerprint density at radius 2 is 2.05 bits per heavy atom. The lowest BCUT2D eigenvalue weighted by Crippen LogP contribution is -2.46. The molecule has 2 rings (SSSR count). The maximum absolute atomic E-state index is 11.9. The molecule has 1 aliphatic rings. The molecule has 0 aliphatic heterocycles. The van der Waals surface area contributed by atoms with Gasteiger partial charge in [0.25, 0.3) is 0 Å². The van der Waals surface area contributed by atoms with E-state index in [1.807, 2.05) is 12.1 Å². The van der Waals surface area contributed by atoms with Gasteiger partial charge in [-0.1, -0.05) is 44.2 Å². The molecule has 1 aromatic rings. The number of halogens is 1. The first-order chi connectivity index (χ1) is 10.1. The van der Waals surface area contributed by atoms with Crippen LogP contribution in [0.5, 0.6) is 0 Å². The fourth-order valence-electron chi connectivity index (χ4n) is 3.31. The van der Waals surface area contributed by atoms with Gasteiger partial charge in [0.2, 0.25) is 0 Å². The topological polar surface area (TPSA) is 49.3 Å². The van der Waals surface area contributed by atoms with Gasteiger partial charge in [-0.3, -0.25) is 0 Å². The van der Waals surface area contributed by atoms with Crippen LogP contribution in [-0.2, 0) is 4.79 Å². The van der Waals surface area contributed by atoms with Gasteiger partial charge < -0.3 is 10.4 Å². The maximum Gasteiger partial charge on any atom is 0.329 e. The number of carboxylic acid groups (broad SMARTS) is 1. The molecule has 0 spiro atoms. The highest BCUT2D eigenvalue weighted by Crippen LogP contribution is 2.35. The van der Waals surface area contributed by atoms with Crippen molar-refractivity contribution in [3.05, 3.63) is 29.3 Å². The molecular formula is C17H24ClNO2. The minimum Gasteiger partial charge on any atom is -0.480 e. The zero-order valence-corrected chi connectivity index (χ0v) is 13.3. The highest BCUT2D eigenvalue weighted by molar-refractivity contribution is 6.30. The van der Waals surface area contributed by atoms with Crippen LogP contribution in [0.1, 0.15) is 51.9 Å². The Morgan fingerprint density at radius 1 is 1.33 bits per heavy atom. The largest absolute Gasteiger partial charge is 0.480 e. The Kier molecular flexibility index (Phi) is 5.51. The minimum atomic E-state index is -0.837. The van der Waals surface area contributed by atoms with E-state index < -0.39 is 11.5 Å². The molecule has 2 unspecified atom stereocenters. The minimum absolute atomic E-state index is 0.661. The van der Waals surface area contributed by atoms with Crippen molar-refractivity contribution in [2.75, 3.05) is 5.32 Å². The molecule has 1 fully saturated rings. The number of anilines is 1. The van der Waals surface area contributed by atoms with E-state index in [4.69, 9.17) is 11.6 Å². The van der Waals surface area contributed by atoms with Crippen molar-refractivity contribution in [3.8, 4) is 0 Å². The number of hydrogen-bond donors (Lipinski definition) is 2. The number of aliphatic carboxylic acids is 1. The summed E-state index contributed by atoms with van der Waals surface area (Å²) in [5.74, 6) is -0.0714. The van der Waals surface area contributed by atoms with Crippen LogP contribution < -0.4 is 5.32 Å². The number of carbonyl (C=O) groups is 1. The molecule has 0 saturated heterocycles. The molecule has 1 aromatic carbocycles. The zero-order valence-electron chi connectivity index (χ0n) is 12.6. The summed E-state index contributed by atoms with van der Waals surface area (Å²) in [7, 11) is 0. The lowest BCUT2D eigenvalue weighted by Gasteiger charge is -2.30. The van der Waals surface area contributed by atoms with Gasteiger partial charge in [-0.2, -0.15) is 0 Å². The highest BCUT2D eigenvalue weighted by atomic mass is 35.5. The standard InChI is InChI=1S/C17H24ClNO2/c1-2-4-13-5-3-11-17(12-10-13,16(20)21)19-15-8-6-14(18)7-9-15/h6-9,13,19H,2-5,10-12H2,1H3,(H,20,21). The summed E-state index contributed by atoms with van der Waals surface area (Å²) in [6.07, 6.45) is 6.86. The molecule has 2 N–H and O–H groups in total. The van der Waals surface area contributed by atoms with E-state index in [1.165, 1.54) is 12.8 Å². The molecule has 2 atom stereocenters. The molecular weight excluding hydrogens is 286 g/mol. The van der Waals surface area contributed by atoms with Crippen LogP contribution in [0.2, 0.25) is 5.02 Å². The fraction of sp³-hybridized carbons (Fsp3) is 0.588.